The lowest BCUT2D eigenvalue weighted by molar-refractivity contribution is -0.135. The van der Waals surface area contributed by atoms with Crippen LogP contribution in [0.2, 0.25) is 0 Å². The number of H-pyrrole nitrogens is 1. The quantitative estimate of drug-likeness (QED) is 0.895. The second-order valence-corrected chi connectivity index (χ2v) is 7.14. The Labute approximate surface area is 147 Å². The molecule has 1 aromatic heterocycles. The van der Waals surface area contributed by atoms with Crippen LogP contribution in [0.15, 0.2) is 24.3 Å². The number of amides is 1. The predicted molar refractivity (Wildman–Crippen MR) is 96.2 cm³/mol. The number of benzene rings is 1. The molecule has 2 heterocycles. The third kappa shape index (κ3) is 3.41. The summed E-state index contributed by atoms with van der Waals surface area (Å²) < 4.78 is 5.60. The number of ether oxygens (including phenoxy) is 1. The SMILES string of the molecule is C[C@@H](NC(=O)[C@H]1COCCN1C1CCCC1)c1nc2ccccc2[nH]1. The average Bonchev–Trinajstić information content (AvgIpc) is 3.31. The fourth-order valence-corrected chi connectivity index (χ4v) is 4.07. The molecule has 2 fully saturated rings. The molecule has 25 heavy (non-hydrogen) atoms. The molecule has 0 spiro atoms. The van der Waals surface area contributed by atoms with Gasteiger partial charge >= 0.3 is 0 Å². The van der Waals surface area contributed by atoms with E-state index in [0.717, 1.165) is 30.0 Å². The second kappa shape index (κ2) is 7.14. The molecule has 1 saturated heterocycles. The van der Waals surface area contributed by atoms with Crippen molar-refractivity contribution in [2.75, 3.05) is 19.8 Å². The van der Waals surface area contributed by atoms with Crippen molar-refractivity contribution in [2.24, 2.45) is 0 Å². The van der Waals surface area contributed by atoms with Gasteiger partial charge in [0.25, 0.3) is 0 Å². The highest BCUT2D eigenvalue weighted by Crippen LogP contribution is 2.27. The van der Waals surface area contributed by atoms with Gasteiger partial charge in [-0.1, -0.05) is 25.0 Å². The fourth-order valence-electron chi connectivity index (χ4n) is 4.07. The van der Waals surface area contributed by atoms with Gasteiger partial charge in [0.1, 0.15) is 11.9 Å². The van der Waals surface area contributed by atoms with Gasteiger partial charge in [-0.3, -0.25) is 9.69 Å². The van der Waals surface area contributed by atoms with E-state index in [-0.39, 0.29) is 18.0 Å². The summed E-state index contributed by atoms with van der Waals surface area (Å²) in [6.07, 6.45) is 4.93. The van der Waals surface area contributed by atoms with E-state index < -0.39 is 0 Å². The van der Waals surface area contributed by atoms with Crippen LogP contribution < -0.4 is 5.32 Å². The number of fused-ring (bicyclic) bond motifs is 1. The highest BCUT2D eigenvalue weighted by molar-refractivity contribution is 5.82. The summed E-state index contributed by atoms with van der Waals surface area (Å²) in [6.45, 7) is 4.02. The van der Waals surface area contributed by atoms with E-state index in [1.165, 1.54) is 25.7 Å². The fraction of sp³-hybridized carbons (Fsp3) is 0.579. The smallest absolute Gasteiger partial charge is 0.240 e. The second-order valence-electron chi connectivity index (χ2n) is 7.14. The van der Waals surface area contributed by atoms with Crippen LogP contribution in [0.4, 0.5) is 0 Å². The Morgan fingerprint density at radius 2 is 2.16 bits per heavy atom. The number of nitrogens with zero attached hydrogens (tertiary/aromatic N) is 2. The first-order valence-corrected chi connectivity index (χ1v) is 9.31. The van der Waals surface area contributed by atoms with Crippen molar-refractivity contribution in [3.8, 4) is 0 Å². The summed E-state index contributed by atoms with van der Waals surface area (Å²) in [6, 6.07) is 8.09. The molecular weight excluding hydrogens is 316 g/mol. The molecule has 1 aliphatic carbocycles. The first kappa shape index (κ1) is 16.5. The predicted octanol–water partition coefficient (Wildman–Crippen LogP) is 2.38. The van der Waals surface area contributed by atoms with E-state index >= 15 is 0 Å². The molecule has 0 radical (unpaired) electrons. The van der Waals surface area contributed by atoms with Gasteiger partial charge in [-0.05, 0) is 31.9 Å². The number of rotatable bonds is 4. The topological polar surface area (TPSA) is 70.2 Å². The number of hydrogen-bond donors (Lipinski definition) is 2. The van der Waals surface area contributed by atoms with Crippen molar-refractivity contribution in [3.05, 3.63) is 30.1 Å². The zero-order valence-corrected chi connectivity index (χ0v) is 14.7. The first-order chi connectivity index (χ1) is 12.2. The molecule has 6 heteroatoms. The molecule has 1 saturated carbocycles. The molecule has 2 aliphatic rings. The third-order valence-corrected chi connectivity index (χ3v) is 5.44. The molecule has 4 rings (SSSR count). The summed E-state index contributed by atoms with van der Waals surface area (Å²) >= 11 is 0. The van der Waals surface area contributed by atoms with Crippen LogP contribution in [0, 0.1) is 0 Å². The number of imidazole rings is 1. The number of carbonyl (C=O) groups excluding carboxylic acids is 1. The highest BCUT2D eigenvalue weighted by Gasteiger charge is 2.35. The number of morpholine rings is 1. The van der Waals surface area contributed by atoms with E-state index in [9.17, 15) is 4.79 Å². The summed E-state index contributed by atoms with van der Waals surface area (Å²) in [4.78, 5) is 23.1. The molecule has 1 amide bonds. The molecule has 0 unspecified atom stereocenters. The number of aromatic nitrogens is 2. The number of aromatic amines is 1. The zero-order valence-electron chi connectivity index (χ0n) is 14.7. The lowest BCUT2D eigenvalue weighted by Gasteiger charge is -2.39. The minimum atomic E-state index is -0.191. The molecule has 2 atom stereocenters. The number of nitrogens with one attached hydrogen (secondary N) is 2. The van der Waals surface area contributed by atoms with Gasteiger partial charge in [-0.25, -0.2) is 4.98 Å². The minimum absolute atomic E-state index is 0.0413. The number of para-hydroxylation sites is 2. The van der Waals surface area contributed by atoms with Crippen LogP contribution in [0.25, 0.3) is 11.0 Å². The maximum atomic E-state index is 12.9. The van der Waals surface area contributed by atoms with Gasteiger partial charge in [0.05, 0.1) is 30.3 Å². The van der Waals surface area contributed by atoms with Crippen LogP contribution in [-0.2, 0) is 9.53 Å². The van der Waals surface area contributed by atoms with Crippen molar-refractivity contribution < 1.29 is 9.53 Å². The molecule has 2 aromatic rings. The summed E-state index contributed by atoms with van der Waals surface area (Å²) in [5.74, 6) is 0.832. The van der Waals surface area contributed by atoms with Gasteiger partial charge in [-0.2, -0.15) is 0 Å². The minimum Gasteiger partial charge on any atom is -0.378 e. The van der Waals surface area contributed by atoms with E-state index in [4.69, 9.17) is 4.74 Å². The standard InChI is InChI=1S/C19H26N4O2/c1-13(18-21-15-8-4-5-9-16(15)22-18)20-19(24)17-12-25-11-10-23(17)14-6-2-3-7-14/h4-5,8-9,13-14,17H,2-3,6-7,10-12H2,1H3,(H,20,24)(H,21,22)/t13-,17-/m1/s1. The molecule has 1 aliphatic heterocycles. The number of hydrogen-bond acceptors (Lipinski definition) is 4. The van der Waals surface area contributed by atoms with Gasteiger partial charge < -0.3 is 15.0 Å². The highest BCUT2D eigenvalue weighted by atomic mass is 16.5. The van der Waals surface area contributed by atoms with E-state index in [2.05, 4.69) is 20.2 Å². The Morgan fingerprint density at radius 3 is 2.96 bits per heavy atom. The maximum absolute atomic E-state index is 12.9. The normalized spacial score (nSPS) is 23.8. The maximum Gasteiger partial charge on any atom is 0.240 e. The lowest BCUT2D eigenvalue weighted by atomic mass is 10.1. The van der Waals surface area contributed by atoms with E-state index in [1.807, 2.05) is 31.2 Å². The summed E-state index contributed by atoms with van der Waals surface area (Å²) in [5.41, 5.74) is 1.92. The Bertz CT molecular complexity index is 705. The third-order valence-electron chi connectivity index (χ3n) is 5.44. The molecule has 6 nitrogen and oxygen atoms in total. The largest absolute Gasteiger partial charge is 0.378 e. The van der Waals surface area contributed by atoms with Gasteiger partial charge in [0.15, 0.2) is 0 Å². The Hall–Kier alpha value is -1.92. The molecule has 134 valence electrons. The van der Waals surface area contributed by atoms with Crippen LogP contribution in [0.1, 0.15) is 44.5 Å². The molecule has 1 aromatic carbocycles. The zero-order chi connectivity index (χ0) is 17.2. The van der Waals surface area contributed by atoms with E-state index in [0.29, 0.717) is 12.6 Å². The summed E-state index contributed by atoms with van der Waals surface area (Å²) in [5, 5.41) is 3.13. The van der Waals surface area contributed by atoms with Gasteiger partial charge in [0.2, 0.25) is 5.91 Å². The molecule has 2 N–H and O–H groups in total. The van der Waals surface area contributed by atoms with Gasteiger partial charge in [0, 0.05) is 12.6 Å². The Morgan fingerprint density at radius 1 is 1.36 bits per heavy atom. The van der Waals surface area contributed by atoms with Gasteiger partial charge in [-0.15, -0.1) is 0 Å². The average molecular weight is 342 g/mol. The summed E-state index contributed by atoms with van der Waals surface area (Å²) in [7, 11) is 0. The van der Waals surface area contributed by atoms with Crippen molar-refractivity contribution in [1.82, 2.24) is 20.2 Å². The Balaban J connectivity index is 1.45. The van der Waals surface area contributed by atoms with Crippen LogP contribution in [0.5, 0.6) is 0 Å². The Kier molecular flexibility index (Phi) is 4.72. The number of carbonyl (C=O) groups is 1. The van der Waals surface area contributed by atoms with Crippen molar-refractivity contribution >= 4 is 16.9 Å². The monoisotopic (exact) mass is 342 g/mol. The van der Waals surface area contributed by atoms with Crippen molar-refractivity contribution in [2.45, 2.75) is 50.7 Å². The molecular formula is C19H26N4O2. The van der Waals surface area contributed by atoms with Crippen LogP contribution in [0.3, 0.4) is 0 Å². The van der Waals surface area contributed by atoms with Crippen LogP contribution in [-0.4, -0.2) is 52.6 Å². The first-order valence-electron chi connectivity index (χ1n) is 9.31. The molecule has 0 bridgehead atoms. The van der Waals surface area contributed by atoms with E-state index in [1.54, 1.807) is 0 Å². The van der Waals surface area contributed by atoms with Crippen molar-refractivity contribution in [3.63, 3.8) is 0 Å². The lowest BCUT2D eigenvalue weighted by Crippen LogP contribution is -2.57. The van der Waals surface area contributed by atoms with Crippen molar-refractivity contribution in [1.29, 1.82) is 0 Å². The van der Waals surface area contributed by atoms with Crippen LogP contribution >= 0.6 is 0 Å².